The predicted molar refractivity (Wildman–Crippen MR) is 124 cm³/mol. The number of anilines is 1. The number of halogens is 1. The number of nitrogens with one attached hydrogen (secondary N) is 1. The smallest absolute Gasteiger partial charge is 0.262 e. The summed E-state index contributed by atoms with van der Waals surface area (Å²) >= 11 is 6.07. The average molecular weight is 450 g/mol. The van der Waals surface area contributed by atoms with Gasteiger partial charge in [0.05, 0.1) is 5.39 Å². The van der Waals surface area contributed by atoms with Crippen molar-refractivity contribution in [1.82, 2.24) is 0 Å². The third-order valence-electron chi connectivity index (χ3n) is 4.87. The van der Waals surface area contributed by atoms with Gasteiger partial charge in [-0.2, -0.15) is 0 Å². The number of amides is 1. The minimum atomic E-state index is -0.334. The lowest BCUT2D eigenvalue weighted by Gasteiger charge is -2.11. The average Bonchev–Trinajstić information content (AvgIpc) is 2.79. The molecule has 0 atom stereocenters. The lowest BCUT2D eigenvalue weighted by Crippen LogP contribution is -2.20. The Kier molecular flexibility index (Phi) is 6.14. The maximum Gasteiger partial charge on any atom is 0.262 e. The van der Waals surface area contributed by atoms with Crippen molar-refractivity contribution in [2.75, 3.05) is 11.9 Å². The number of carbonyl (C=O) groups is 1. The van der Waals surface area contributed by atoms with Gasteiger partial charge < -0.3 is 19.2 Å². The normalized spacial score (nSPS) is 10.7. The number of aryl methyl sites for hydroxylation is 1. The molecule has 1 amide bonds. The zero-order valence-electron chi connectivity index (χ0n) is 17.5. The molecule has 0 radical (unpaired) electrons. The van der Waals surface area contributed by atoms with Crippen LogP contribution in [0.2, 0.25) is 5.02 Å². The van der Waals surface area contributed by atoms with Crippen LogP contribution in [0.3, 0.4) is 0 Å². The van der Waals surface area contributed by atoms with Crippen molar-refractivity contribution in [3.63, 3.8) is 0 Å². The summed E-state index contributed by atoms with van der Waals surface area (Å²) in [6, 6.07) is 17.4. The van der Waals surface area contributed by atoms with Gasteiger partial charge in [0.25, 0.3) is 5.91 Å². The van der Waals surface area contributed by atoms with Gasteiger partial charge in [0.15, 0.2) is 6.61 Å². The molecule has 0 saturated carbocycles. The van der Waals surface area contributed by atoms with Crippen LogP contribution in [0.1, 0.15) is 11.1 Å². The first-order chi connectivity index (χ1) is 15.4. The van der Waals surface area contributed by atoms with Gasteiger partial charge in [0.2, 0.25) is 11.2 Å². The monoisotopic (exact) mass is 449 g/mol. The first-order valence-corrected chi connectivity index (χ1v) is 10.3. The molecule has 1 aromatic heterocycles. The van der Waals surface area contributed by atoms with Crippen molar-refractivity contribution in [3.05, 3.63) is 93.3 Å². The fraction of sp³-hybridized carbons (Fsp3) is 0.120. The molecule has 1 heterocycles. The Morgan fingerprint density at radius 1 is 1.03 bits per heavy atom. The van der Waals surface area contributed by atoms with Crippen LogP contribution >= 0.6 is 11.6 Å². The highest BCUT2D eigenvalue weighted by Gasteiger charge is 2.12. The van der Waals surface area contributed by atoms with Crippen LogP contribution in [0.5, 0.6) is 17.2 Å². The lowest BCUT2D eigenvalue weighted by atomic mass is 10.2. The van der Waals surface area contributed by atoms with Crippen LogP contribution in [-0.2, 0) is 4.79 Å². The van der Waals surface area contributed by atoms with Crippen molar-refractivity contribution in [2.24, 2.45) is 0 Å². The summed E-state index contributed by atoms with van der Waals surface area (Å²) in [5.74, 6) is 0.694. The minimum Gasteiger partial charge on any atom is -0.484 e. The van der Waals surface area contributed by atoms with E-state index in [1.807, 2.05) is 26.0 Å². The second-order valence-corrected chi connectivity index (χ2v) is 7.66. The first kappa shape index (κ1) is 21.5. The Morgan fingerprint density at radius 2 is 1.78 bits per heavy atom. The van der Waals surface area contributed by atoms with Crippen molar-refractivity contribution in [1.29, 1.82) is 0 Å². The third kappa shape index (κ3) is 4.76. The Balaban J connectivity index is 1.45. The number of ether oxygens (including phenoxy) is 2. The molecule has 4 rings (SSSR count). The summed E-state index contributed by atoms with van der Waals surface area (Å²) in [4.78, 5) is 25.0. The van der Waals surface area contributed by atoms with E-state index >= 15 is 0 Å². The zero-order chi connectivity index (χ0) is 22.7. The zero-order valence-corrected chi connectivity index (χ0v) is 18.2. The highest BCUT2D eigenvalue weighted by Crippen LogP contribution is 2.25. The Bertz CT molecular complexity index is 1350. The van der Waals surface area contributed by atoms with E-state index in [4.69, 9.17) is 25.5 Å². The SMILES string of the molecule is Cc1ccc(Oc2coc3cc(OCC(=O)Nc4cccc(Cl)c4C)ccc3c2=O)cc1. The lowest BCUT2D eigenvalue weighted by molar-refractivity contribution is -0.118. The van der Waals surface area contributed by atoms with Gasteiger partial charge in [-0.25, -0.2) is 0 Å². The fourth-order valence-corrected chi connectivity index (χ4v) is 3.24. The Hall–Kier alpha value is -3.77. The van der Waals surface area contributed by atoms with E-state index in [0.717, 1.165) is 11.1 Å². The van der Waals surface area contributed by atoms with Gasteiger partial charge in [-0.15, -0.1) is 0 Å². The molecule has 0 aliphatic heterocycles. The van der Waals surface area contributed by atoms with Crippen LogP contribution in [-0.4, -0.2) is 12.5 Å². The van der Waals surface area contributed by atoms with Gasteiger partial charge in [-0.3, -0.25) is 9.59 Å². The third-order valence-corrected chi connectivity index (χ3v) is 5.28. The molecule has 32 heavy (non-hydrogen) atoms. The van der Waals surface area contributed by atoms with Gasteiger partial charge >= 0.3 is 0 Å². The summed E-state index contributed by atoms with van der Waals surface area (Å²) in [6.07, 6.45) is 1.27. The maximum atomic E-state index is 12.7. The molecule has 3 aromatic carbocycles. The Labute approximate surface area is 189 Å². The molecular weight excluding hydrogens is 430 g/mol. The van der Waals surface area contributed by atoms with E-state index in [1.165, 1.54) is 6.26 Å². The van der Waals surface area contributed by atoms with Crippen LogP contribution in [0.25, 0.3) is 11.0 Å². The van der Waals surface area contributed by atoms with E-state index in [0.29, 0.717) is 33.2 Å². The van der Waals surface area contributed by atoms with Crippen molar-refractivity contribution in [2.45, 2.75) is 13.8 Å². The molecule has 0 spiro atoms. The van der Waals surface area contributed by atoms with Crippen LogP contribution in [0, 0.1) is 13.8 Å². The van der Waals surface area contributed by atoms with E-state index < -0.39 is 0 Å². The molecule has 1 N–H and O–H groups in total. The number of carbonyl (C=O) groups excluding carboxylic acids is 1. The van der Waals surface area contributed by atoms with Gasteiger partial charge in [-0.1, -0.05) is 35.4 Å². The molecule has 0 aliphatic rings. The van der Waals surface area contributed by atoms with E-state index in [2.05, 4.69) is 5.32 Å². The maximum absolute atomic E-state index is 12.7. The van der Waals surface area contributed by atoms with E-state index in [1.54, 1.807) is 48.5 Å². The molecule has 0 aliphatic carbocycles. The molecule has 0 fully saturated rings. The number of fused-ring (bicyclic) bond motifs is 1. The van der Waals surface area contributed by atoms with Gasteiger partial charge in [0, 0.05) is 16.8 Å². The van der Waals surface area contributed by atoms with Crippen molar-refractivity contribution >= 4 is 34.2 Å². The predicted octanol–water partition coefficient (Wildman–Crippen LogP) is 5.87. The molecule has 4 aromatic rings. The van der Waals surface area contributed by atoms with Gasteiger partial charge in [0.1, 0.15) is 23.3 Å². The molecule has 0 unspecified atom stereocenters. The first-order valence-electron chi connectivity index (χ1n) is 9.88. The topological polar surface area (TPSA) is 77.8 Å². The molecule has 6 nitrogen and oxygen atoms in total. The highest BCUT2D eigenvalue weighted by atomic mass is 35.5. The quantitative estimate of drug-likeness (QED) is 0.398. The molecule has 7 heteroatoms. The second-order valence-electron chi connectivity index (χ2n) is 7.25. The molecular formula is C25H20ClNO5. The number of hydrogen-bond donors (Lipinski definition) is 1. The van der Waals surface area contributed by atoms with E-state index in [9.17, 15) is 9.59 Å². The largest absolute Gasteiger partial charge is 0.484 e. The van der Waals surface area contributed by atoms with Gasteiger partial charge in [-0.05, 0) is 55.8 Å². The summed E-state index contributed by atoms with van der Waals surface area (Å²) in [5.41, 5.74) is 2.52. The molecule has 0 saturated heterocycles. The number of rotatable bonds is 6. The Morgan fingerprint density at radius 3 is 2.56 bits per heavy atom. The van der Waals surface area contributed by atoms with Crippen molar-refractivity contribution < 1.29 is 18.7 Å². The molecule has 0 bridgehead atoms. The summed E-state index contributed by atoms with van der Waals surface area (Å²) < 4.78 is 16.8. The standard InChI is InChI=1S/C25H20ClNO5/c1-15-6-8-17(9-7-15)32-23-13-31-22-12-18(10-11-19(22)25(23)29)30-14-24(28)27-21-5-3-4-20(26)16(21)2/h3-13H,14H2,1-2H3,(H,27,28). The van der Waals surface area contributed by atoms with Crippen LogP contribution in [0.4, 0.5) is 5.69 Å². The second kappa shape index (κ2) is 9.16. The molecule has 162 valence electrons. The summed E-state index contributed by atoms with van der Waals surface area (Å²) in [6.45, 7) is 3.58. The van der Waals surface area contributed by atoms with Crippen molar-refractivity contribution in [3.8, 4) is 17.2 Å². The summed E-state index contributed by atoms with van der Waals surface area (Å²) in [5, 5.41) is 3.68. The van der Waals surface area contributed by atoms with Crippen LogP contribution < -0.4 is 20.2 Å². The van der Waals surface area contributed by atoms with E-state index in [-0.39, 0.29) is 23.7 Å². The highest BCUT2D eigenvalue weighted by molar-refractivity contribution is 6.31. The number of benzene rings is 3. The fourth-order valence-electron chi connectivity index (χ4n) is 3.06. The van der Waals surface area contributed by atoms with Crippen LogP contribution in [0.15, 0.2) is 76.1 Å². The number of hydrogen-bond acceptors (Lipinski definition) is 5. The minimum absolute atomic E-state index is 0.0892. The summed E-state index contributed by atoms with van der Waals surface area (Å²) in [7, 11) is 0.